The number of hydrogen-bond donors (Lipinski definition) is 1. The highest BCUT2D eigenvalue weighted by Crippen LogP contribution is 2.45. The number of benzene rings is 1. The third-order valence-electron chi connectivity index (χ3n) is 5.85. The van der Waals surface area contributed by atoms with Crippen molar-refractivity contribution in [3.05, 3.63) is 53.7 Å². The minimum atomic E-state index is -0.534. The second-order valence-electron chi connectivity index (χ2n) is 7.70. The quantitative estimate of drug-likeness (QED) is 0.885. The maximum absolute atomic E-state index is 13.9. The Morgan fingerprint density at radius 1 is 1.29 bits per heavy atom. The van der Waals surface area contributed by atoms with Gasteiger partial charge in [0.15, 0.2) is 0 Å². The summed E-state index contributed by atoms with van der Waals surface area (Å²) < 4.78 is 13.9. The minimum absolute atomic E-state index is 0.0398. The first-order chi connectivity index (χ1) is 13.5. The molecule has 2 aliphatic rings. The highest BCUT2D eigenvalue weighted by atomic mass is 19.1. The molecule has 1 saturated heterocycles. The molecule has 2 heterocycles. The molecule has 2 atom stereocenters. The van der Waals surface area contributed by atoms with Crippen molar-refractivity contribution in [3.8, 4) is 0 Å². The third-order valence-corrected chi connectivity index (χ3v) is 5.85. The Labute approximate surface area is 163 Å². The van der Waals surface area contributed by atoms with E-state index in [1.54, 1.807) is 36.2 Å². The fourth-order valence-electron chi connectivity index (χ4n) is 4.45. The van der Waals surface area contributed by atoms with Crippen LogP contribution in [0.15, 0.2) is 36.5 Å². The molecular weight excluding hydrogens is 359 g/mol. The number of nitrogens with zero attached hydrogens (tertiary/aromatic N) is 3. The molecule has 0 unspecified atom stereocenters. The van der Waals surface area contributed by atoms with Gasteiger partial charge < -0.3 is 5.32 Å². The Balaban J connectivity index is 1.48. The van der Waals surface area contributed by atoms with Crippen molar-refractivity contribution in [1.82, 2.24) is 15.3 Å². The lowest BCUT2D eigenvalue weighted by atomic mass is 9.71. The van der Waals surface area contributed by atoms with Crippen molar-refractivity contribution in [2.45, 2.75) is 45.1 Å². The van der Waals surface area contributed by atoms with Crippen molar-refractivity contribution >= 4 is 17.6 Å². The first-order valence-electron chi connectivity index (χ1n) is 9.65. The number of amides is 2. The highest BCUT2D eigenvalue weighted by Gasteiger charge is 2.50. The standard InChI is InChI=1S/C21H23FN4O2/c1-14-23-11-8-18(24-14)26-12-10-21(20(26)28)9-4-5-15(13-21)25-19(27)16-6-2-3-7-17(16)22/h2-3,6-8,11,15H,4-5,9-10,12-13H2,1H3,(H,25,27)/t15-,21-/m0/s1. The van der Waals surface area contributed by atoms with Crippen molar-refractivity contribution in [2.75, 3.05) is 11.4 Å². The number of rotatable bonds is 3. The predicted octanol–water partition coefficient (Wildman–Crippen LogP) is 3.02. The number of hydrogen-bond acceptors (Lipinski definition) is 4. The summed E-state index contributed by atoms with van der Waals surface area (Å²) in [6.45, 7) is 2.41. The van der Waals surface area contributed by atoms with Crippen LogP contribution in [0.1, 0.15) is 48.3 Å². The molecule has 4 rings (SSSR count). The van der Waals surface area contributed by atoms with Gasteiger partial charge in [-0.1, -0.05) is 18.6 Å². The Kier molecular flexibility index (Phi) is 4.83. The van der Waals surface area contributed by atoms with E-state index in [0.29, 0.717) is 24.6 Å². The van der Waals surface area contributed by atoms with E-state index < -0.39 is 17.1 Å². The van der Waals surface area contributed by atoms with E-state index in [4.69, 9.17) is 0 Å². The Morgan fingerprint density at radius 2 is 2.11 bits per heavy atom. The van der Waals surface area contributed by atoms with Crippen LogP contribution in [-0.2, 0) is 4.79 Å². The molecule has 6 nitrogen and oxygen atoms in total. The zero-order valence-electron chi connectivity index (χ0n) is 15.8. The summed E-state index contributed by atoms with van der Waals surface area (Å²) in [4.78, 5) is 35.9. The van der Waals surface area contributed by atoms with Crippen molar-refractivity contribution in [1.29, 1.82) is 0 Å². The Hall–Kier alpha value is -2.83. The number of nitrogens with one attached hydrogen (secondary N) is 1. The zero-order valence-corrected chi connectivity index (χ0v) is 15.8. The number of anilines is 1. The largest absolute Gasteiger partial charge is 0.349 e. The van der Waals surface area contributed by atoms with Gasteiger partial charge in [0.25, 0.3) is 5.91 Å². The van der Waals surface area contributed by atoms with Crippen LogP contribution in [0.4, 0.5) is 10.2 Å². The summed E-state index contributed by atoms with van der Waals surface area (Å²) in [6.07, 6.45) is 5.42. The highest BCUT2D eigenvalue weighted by molar-refractivity contribution is 5.99. The molecular formula is C21H23FN4O2. The third kappa shape index (κ3) is 3.37. The van der Waals surface area contributed by atoms with Crippen molar-refractivity contribution in [2.24, 2.45) is 5.41 Å². The molecule has 7 heteroatoms. The maximum Gasteiger partial charge on any atom is 0.254 e. The van der Waals surface area contributed by atoms with Gasteiger partial charge in [0.05, 0.1) is 11.0 Å². The number of aryl methyl sites for hydroxylation is 1. The molecule has 0 radical (unpaired) electrons. The van der Waals surface area contributed by atoms with E-state index in [2.05, 4.69) is 15.3 Å². The summed E-state index contributed by atoms with van der Waals surface area (Å²) in [5, 5.41) is 2.94. The molecule has 1 aromatic heterocycles. The maximum atomic E-state index is 13.9. The van der Waals surface area contributed by atoms with E-state index >= 15 is 0 Å². The molecule has 1 N–H and O–H groups in total. The Bertz CT molecular complexity index is 919. The molecule has 2 amide bonds. The van der Waals surface area contributed by atoms with Gasteiger partial charge in [0.2, 0.25) is 5.91 Å². The summed E-state index contributed by atoms with van der Waals surface area (Å²) in [5.41, 5.74) is -0.442. The van der Waals surface area contributed by atoms with Crippen LogP contribution in [0.5, 0.6) is 0 Å². The molecule has 1 saturated carbocycles. The number of halogens is 1. The van der Waals surface area contributed by atoms with Crippen LogP contribution in [-0.4, -0.2) is 34.4 Å². The molecule has 0 bridgehead atoms. The first-order valence-corrected chi connectivity index (χ1v) is 9.65. The summed E-state index contributed by atoms with van der Waals surface area (Å²) in [6, 6.07) is 7.56. The van der Waals surface area contributed by atoms with Crippen molar-refractivity contribution < 1.29 is 14.0 Å². The van der Waals surface area contributed by atoms with E-state index in [0.717, 1.165) is 25.7 Å². The molecule has 1 spiro atoms. The molecule has 2 fully saturated rings. The van der Waals surface area contributed by atoms with Gasteiger partial charge in [-0.05, 0) is 50.8 Å². The van der Waals surface area contributed by atoms with Gasteiger partial charge in [0.1, 0.15) is 17.5 Å². The summed E-state index contributed by atoms with van der Waals surface area (Å²) in [7, 11) is 0. The second-order valence-corrected chi connectivity index (χ2v) is 7.70. The molecule has 1 aliphatic heterocycles. The number of carbonyl (C=O) groups excluding carboxylic acids is 2. The lowest BCUT2D eigenvalue weighted by Gasteiger charge is -2.36. The van der Waals surface area contributed by atoms with Crippen LogP contribution in [0.3, 0.4) is 0 Å². The van der Waals surface area contributed by atoms with Gasteiger partial charge in [0, 0.05) is 18.8 Å². The lowest BCUT2D eigenvalue weighted by Crippen LogP contribution is -2.46. The van der Waals surface area contributed by atoms with Crippen LogP contribution >= 0.6 is 0 Å². The van der Waals surface area contributed by atoms with Crippen LogP contribution in [0.25, 0.3) is 0 Å². The lowest BCUT2D eigenvalue weighted by molar-refractivity contribution is -0.127. The predicted molar refractivity (Wildman–Crippen MR) is 102 cm³/mol. The van der Waals surface area contributed by atoms with Gasteiger partial charge in [-0.3, -0.25) is 14.5 Å². The molecule has 1 aliphatic carbocycles. The van der Waals surface area contributed by atoms with Gasteiger partial charge in [-0.2, -0.15) is 0 Å². The fourth-order valence-corrected chi connectivity index (χ4v) is 4.45. The first kappa shape index (κ1) is 18.5. The fraction of sp³-hybridized carbons (Fsp3) is 0.429. The van der Waals surface area contributed by atoms with Gasteiger partial charge in [-0.15, -0.1) is 0 Å². The van der Waals surface area contributed by atoms with E-state index in [1.807, 2.05) is 0 Å². The van der Waals surface area contributed by atoms with Gasteiger partial charge in [-0.25, -0.2) is 14.4 Å². The topological polar surface area (TPSA) is 75.2 Å². The van der Waals surface area contributed by atoms with Crippen molar-refractivity contribution in [3.63, 3.8) is 0 Å². The zero-order chi connectivity index (χ0) is 19.7. The SMILES string of the molecule is Cc1nccc(N2CC[C@]3(CCC[C@H](NC(=O)c4ccccc4F)C3)C2=O)n1. The average molecular weight is 382 g/mol. The molecule has 2 aromatic rings. The molecule has 28 heavy (non-hydrogen) atoms. The van der Waals surface area contributed by atoms with Gasteiger partial charge >= 0.3 is 0 Å². The smallest absolute Gasteiger partial charge is 0.254 e. The Morgan fingerprint density at radius 3 is 2.89 bits per heavy atom. The molecule has 146 valence electrons. The van der Waals surface area contributed by atoms with Crippen LogP contribution in [0, 0.1) is 18.2 Å². The summed E-state index contributed by atoms with van der Waals surface area (Å²) >= 11 is 0. The molecule has 1 aromatic carbocycles. The number of carbonyl (C=O) groups is 2. The second kappa shape index (κ2) is 7.30. The van der Waals surface area contributed by atoms with E-state index in [9.17, 15) is 14.0 Å². The van der Waals surface area contributed by atoms with E-state index in [-0.39, 0.29) is 17.5 Å². The van der Waals surface area contributed by atoms with Crippen LogP contribution < -0.4 is 10.2 Å². The van der Waals surface area contributed by atoms with E-state index in [1.165, 1.54) is 12.1 Å². The minimum Gasteiger partial charge on any atom is -0.349 e. The monoisotopic (exact) mass is 382 g/mol. The number of aromatic nitrogens is 2. The van der Waals surface area contributed by atoms with Crippen LogP contribution in [0.2, 0.25) is 0 Å². The average Bonchev–Trinajstić information content (AvgIpc) is 2.98. The normalized spacial score (nSPS) is 24.6. The summed E-state index contributed by atoms with van der Waals surface area (Å²) in [5.74, 6) is 0.369.